The summed E-state index contributed by atoms with van der Waals surface area (Å²) in [6, 6.07) is 7.67. The van der Waals surface area contributed by atoms with Gasteiger partial charge in [-0.25, -0.2) is 0 Å². The molecule has 0 spiro atoms. The summed E-state index contributed by atoms with van der Waals surface area (Å²) < 4.78 is 11.9. The summed E-state index contributed by atoms with van der Waals surface area (Å²) >= 11 is 0. The number of ketones is 2. The zero-order valence-electron chi connectivity index (χ0n) is 33.1. The lowest BCUT2D eigenvalue weighted by atomic mass is 9.85. The van der Waals surface area contributed by atoms with Gasteiger partial charge in [-0.1, -0.05) is 71.4 Å². The molecule has 1 fully saturated rings. The lowest BCUT2D eigenvalue weighted by molar-refractivity contribution is -0.149. The lowest BCUT2D eigenvalue weighted by Crippen LogP contribution is -2.54. The van der Waals surface area contributed by atoms with E-state index in [4.69, 9.17) is 9.47 Å². The number of carboxylic acid groups (broad SMARTS) is 1. The number of likely N-dealkylation sites (tertiary alicyclic amines) is 1. The minimum Gasteiger partial charge on any atom is -0.481 e. The molecule has 1 saturated heterocycles. The van der Waals surface area contributed by atoms with Crippen molar-refractivity contribution in [3.63, 3.8) is 0 Å². The molecule has 1 heterocycles. The number of ether oxygens (including phenoxy) is 2. The van der Waals surface area contributed by atoms with E-state index >= 15 is 0 Å². The van der Waals surface area contributed by atoms with Crippen LogP contribution in [0.1, 0.15) is 78.7 Å². The maximum absolute atomic E-state index is 14.1. The molecule has 1 aromatic rings. The number of benzene rings is 1. The molecule has 1 unspecified atom stereocenters. The molecule has 0 aromatic heterocycles. The maximum atomic E-state index is 14.1. The van der Waals surface area contributed by atoms with E-state index in [0.717, 1.165) is 12.0 Å². The van der Waals surface area contributed by atoms with Crippen LogP contribution in [0.25, 0.3) is 0 Å². The molecule has 2 amide bonds. The van der Waals surface area contributed by atoms with Crippen molar-refractivity contribution in [1.29, 1.82) is 0 Å². The van der Waals surface area contributed by atoms with E-state index in [1.165, 1.54) is 14.2 Å². The monoisotopic (exact) mass is 731 g/mol. The number of carboxylic acids is 1. The van der Waals surface area contributed by atoms with E-state index in [0.29, 0.717) is 19.4 Å². The number of hydrogen-bond acceptors (Lipinski definition) is 9. The van der Waals surface area contributed by atoms with Gasteiger partial charge in [-0.2, -0.15) is 0 Å². The Balaban J connectivity index is 2.26. The third-order valence-electron chi connectivity index (χ3n) is 11.2. The SMILES string of the molecule is CC[C@H](C)[C@@H]([C@@H](CC(=O)N1CCC[C@H]1[C@H](OC)[C@@H](C)C(=O)C[C@@H](Cc1ccccc1)C(=O)O)OC)N(C)C(=O)[C@@H](CC(=O)C(CO)N(C)C)C(C)C. The van der Waals surface area contributed by atoms with Gasteiger partial charge in [0, 0.05) is 52.5 Å². The number of Topliss-reactive ketones (excluding diaryl/α,β-unsaturated/α-hetero) is 2. The Bertz CT molecular complexity index is 1310. The number of nitrogens with zero attached hydrogens (tertiary/aromatic N) is 3. The zero-order valence-corrected chi connectivity index (χ0v) is 33.1. The Morgan fingerprint density at radius 3 is 2.06 bits per heavy atom. The van der Waals surface area contributed by atoms with Gasteiger partial charge < -0.3 is 29.5 Å². The number of amides is 2. The third kappa shape index (κ3) is 11.9. The first-order valence-electron chi connectivity index (χ1n) is 18.7. The fourth-order valence-corrected chi connectivity index (χ4v) is 7.69. The number of rotatable bonds is 23. The second kappa shape index (κ2) is 21.5. The predicted molar refractivity (Wildman–Crippen MR) is 200 cm³/mol. The van der Waals surface area contributed by atoms with E-state index in [1.807, 2.05) is 58.0 Å². The van der Waals surface area contributed by atoms with Gasteiger partial charge in [0.1, 0.15) is 5.78 Å². The molecule has 12 nitrogen and oxygen atoms in total. The number of carbonyl (C=O) groups excluding carboxylic acids is 4. The lowest BCUT2D eigenvalue weighted by Gasteiger charge is -2.41. The maximum Gasteiger partial charge on any atom is 0.307 e. The average Bonchev–Trinajstić information content (AvgIpc) is 3.59. The van der Waals surface area contributed by atoms with Gasteiger partial charge in [0.15, 0.2) is 5.78 Å². The number of carbonyl (C=O) groups is 5. The molecule has 294 valence electrons. The van der Waals surface area contributed by atoms with E-state index in [2.05, 4.69) is 0 Å². The summed E-state index contributed by atoms with van der Waals surface area (Å²) in [6.07, 6.45) is 0.859. The van der Waals surface area contributed by atoms with Crippen LogP contribution in [0.3, 0.4) is 0 Å². The fraction of sp³-hybridized carbons (Fsp3) is 0.725. The van der Waals surface area contributed by atoms with Crippen LogP contribution in [0.15, 0.2) is 30.3 Å². The second-order valence-electron chi connectivity index (χ2n) is 15.2. The summed E-state index contributed by atoms with van der Waals surface area (Å²) in [5, 5.41) is 19.7. The van der Waals surface area contributed by atoms with Gasteiger partial charge in [0.25, 0.3) is 0 Å². The first-order valence-corrected chi connectivity index (χ1v) is 18.7. The molecule has 1 aliphatic heterocycles. The van der Waals surface area contributed by atoms with Crippen molar-refractivity contribution in [2.75, 3.05) is 48.5 Å². The van der Waals surface area contributed by atoms with Crippen LogP contribution in [0.2, 0.25) is 0 Å². The zero-order chi connectivity index (χ0) is 39.3. The van der Waals surface area contributed by atoms with Crippen molar-refractivity contribution in [3.05, 3.63) is 35.9 Å². The van der Waals surface area contributed by atoms with Crippen LogP contribution >= 0.6 is 0 Å². The van der Waals surface area contributed by atoms with Gasteiger partial charge >= 0.3 is 5.97 Å². The highest BCUT2D eigenvalue weighted by molar-refractivity contribution is 5.90. The Labute approximate surface area is 311 Å². The highest BCUT2D eigenvalue weighted by Crippen LogP contribution is 2.31. The van der Waals surface area contributed by atoms with Gasteiger partial charge in [0.05, 0.1) is 49.3 Å². The van der Waals surface area contributed by atoms with Gasteiger partial charge in [0.2, 0.25) is 11.8 Å². The van der Waals surface area contributed by atoms with Crippen LogP contribution in [-0.4, -0.2) is 133 Å². The van der Waals surface area contributed by atoms with Gasteiger partial charge in [-0.05, 0) is 50.8 Å². The van der Waals surface area contributed by atoms with Gasteiger partial charge in [-0.3, -0.25) is 28.9 Å². The highest BCUT2D eigenvalue weighted by atomic mass is 16.5. The normalized spacial score (nSPS) is 19.4. The summed E-state index contributed by atoms with van der Waals surface area (Å²) in [6.45, 7) is 9.72. The average molecular weight is 732 g/mol. The van der Waals surface area contributed by atoms with E-state index in [1.54, 1.807) is 42.8 Å². The standard InChI is InChI=1S/C40H65N3O9/c1-11-26(4)37(42(8)39(48)30(25(2)3)22-34(46)32(24-44)41(6)7)35(51-9)23-36(47)43-19-15-18-31(43)38(52-10)27(5)33(45)21-29(40(49)50)20-28-16-13-12-14-17-28/h12-14,16-17,25-27,29-32,35,37-38,44H,11,15,18-24H2,1-10H3,(H,49,50)/t26-,27-,29+,30-,31-,32?,35+,37-,38+/m0/s1. The molecule has 9 atom stereocenters. The Morgan fingerprint density at radius 1 is 0.923 bits per heavy atom. The number of aliphatic hydroxyl groups excluding tert-OH is 1. The third-order valence-corrected chi connectivity index (χ3v) is 11.2. The second-order valence-corrected chi connectivity index (χ2v) is 15.2. The van der Waals surface area contributed by atoms with E-state index < -0.39 is 48.0 Å². The molecule has 2 N–H and O–H groups in total. The molecule has 0 aliphatic carbocycles. The van der Waals surface area contributed by atoms with E-state index in [-0.39, 0.29) is 73.5 Å². The number of likely N-dealkylation sites (N-methyl/N-ethyl adjacent to an activating group) is 2. The largest absolute Gasteiger partial charge is 0.481 e. The first-order chi connectivity index (χ1) is 24.5. The van der Waals surface area contributed by atoms with Gasteiger partial charge in [-0.15, -0.1) is 0 Å². The summed E-state index contributed by atoms with van der Waals surface area (Å²) in [4.78, 5) is 72.1. The van der Waals surface area contributed by atoms with Crippen molar-refractivity contribution in [2.45, 2.75) is 110 Å². The van der Waals surface area contributed by atoms with Crippen LogP contribution in [0, 0.1) is 29.6 Å². The number of aliphatic carboxylic acids is 1. The minimum absolute atomic E-state index is 0.00492. The Hall–Kier alpha value is -3.19. The highest BCUT2D eigenvalue weighted by Gasteiger charge is 2.43. The molecule has 12 heteroatoms. The minimum atomic E-state index is -1.03. The quantitative estimate of drug-likeness (QED) is 0.169. The number of hydrogen-bond donors (Lipinski definition) is 2. The molecule has 1 aliphatic rings. The van der Waals surface area contributed by atoms with Crippen LogP contribution in [-0.2, 0) is 39.9 Å². The molecule has 2 rings (SSSR count). The van der Waals surface area contributed by atoms with Crippen LogP contribution in [0.4, 0.5) is 0 Å². The van der Waals surface area contributed by atoms with Crippen LogP contribution in [0.5, 0.6) is 0 Å². The van der Waals surface area contributed by atoms with Crippen LogP contribution < -0.4 is 0 Å². The van der Waals surface area contributed by atoms with E-state index in [9.17, 15) is 34.2 Å². The molecule has 0 saturated carbocycles. The first kappa shape index (κ1) is 45.0. The number of methoxy groups -OCH3 is 2. The van der Waals surface area contributed by atoms with Crippen molar-refractivity contribution in [3.8, 4) is 0 Å². The Morgan fingerprint density at radius 2 is 1.56 bits per heavy atom. The number of aliphatic hydroxyl groups is 1. The molecular formula is C40H65N3O9. The smallest absolute Gasteiger partial charge is 0.307 e. The van der Waals surface area contributed by atoms with Crippen molar-refractivity contribution in [2.24, 2.45) is 29.6 Å². The topological polar surface area (TPSA) is 154 Å². The Kier molecular flexibility index (Phi) is 18.6. The van der Waals surface area contributed by atoms with Crippen molar-refractivity contribution in [1.82, 2.24) is 14.7 Å². The summed E-state index contributed by atoms with van der Waals surface area (Å²) in [5.41, 5.74) is 0.842. The molecular weight excluding hydrogens is 666 g/mol. The summed E-state index contributed by atoms with van der Waals surface area (Å²) in [5.74, 6) is -4.19. The molecule has 0 radical (unpaired) electrons. The van der Waals surface area contributed by atoms with Crippen molar-refractivity contribution >= 4 is 29.4 Å². The predicted octanol–water partition coefficient (Wildman–Crippen LogP) is 3.96. The fourth-order valence-electron chi connectivity index (χ4n) is 7.69. The molecule has 52 heavy (non-hydrogen) atoms. The molecule has 0 bridgehead atoms. The summed E-state index contributed by atoms with van der Waals surface area (Å²) in [7, 11) is 8.20. The molecule has 1 aromatic carbocycles. The van der Waals surface area contributed by atoms with Crippen molar-refractivity contribution < 1.29 is 43.7 Å².